The van der Waals surface area contributed by atoms with Crippen molar-refractivity contribution in [3.63, 3.8) is 0 Å². The zero-order valence-electron chi connectivity index (χ0n) is 19.1. The first kappa shape index (κ1) is 23.7. The number of aromatic nitrogens is 1. The first-order valence-electron chi connectivity index (χ1n) is 10.8. The molecule has 0 atom stereocenters. The number of hydrogen-bond donors (Lipinski definition) is 1. The molecule has 0 radical (unpaired) electrons. The summed E-state index contributed by atoms with van der Waals surface area (Å²) in [6.45, 7) is 5.34. The fraction of sp³-hybridized carbons (Fsp3) is 0.200. The Morgan fingerprint density at radius 2 is 1.76 bits per heavy atom. The summed E-state index contributed by atoms with van der Waals surface area (Å²) in [5, 5.41) is 2.78. The first-order valence-corrected chi connectivity index (χ1v) is 13.0. The molecule has 0 aliphatic heterocycles. The fourth-order valence-electron chi connectivity index (χ4n) is 3.75. The molecule has 3 aromatic carbocycles. The first-order chi connectivity index (χ1) is 16.2. The SMILES string of the molecule is Cc1cccc(N(CC(=O)Nc2ccc3c(c2)sc(=O)n3C(C)C)S(=O)(=O)c2ccccc2)c1. The predicted molar refractivity (Wildman–Crippen MR) is 137 cm³/mol. The van der Waals surface area contributed by atoms with Crippen LogP contribution in [0.1, 0.15) is 25.5 Å². The molecule has 1 amide bonds. The molecule has 34 heavy (non-hydrogen) atoms. The number of amides is 1. The topological polar surface area (TPSA) is 88.5 Å². The van der Waals surface area contributed by atoms with Gasteiger partial charge in [-0.05, 0) is 68.8 Å². The second kappa shape index (κ2) is 9.44. The molecule has 0 fully saturated rings. The number of nitrogens with zero attached hydrogens (tertiary/aromatic N) is 2. The van der Waals surface area contributed by atoms with Crippen LogP contribution in [0.4, 0.5) is 11.4 Å². The molecular weight excluding hydrogens is 470 g/mol. The van der Waals surface area contributed by atoms with Crippen LogP contribution in [-0.2, 0) is 14.8 Å². The Labute approximate surface area is 202 Å². The van der Waals surface area contributed by atoms with E-state index >= 15 is 0 Å². The van der Waals surface area contributed by atoms with Crippen molar-refractivity contribution in [2.45, 2.75) is 31.7 Å². The summed E-state index contributed by atoms with van der Waals surface area (Å²) in [7, 11) is -3.97. The summed E-state index contributed by atoms with van der Waals surface area (Å²) in [6.07, 6.45) is 0. The van der Waals surface area contributed by atoms with Crippen molar-refractivity contribution in [2.24, 2.45) is 0 Å². The molecule has 7 nitrogen and oxygen atoms in total. The maximum Gasteiger partial charge on any atom is 0.308 e. The third kappa shape index (κ3) is 4.76. The van der Waals surface area contributed by atoms with Gasteiger partial charge in [-0.25, -0.2) is 8.42 Å². The van der Waals surface area contributed by atoms with Crippen molar-refractivity contribution in [1.82, 2.24) is 4.57 Å². The minimum Gasteiger partial charge on any atom is -0.324 e. The zero-order valence-corrected chi connectivity index (χ0v) is 20.7. The lowest BCUT2D eigenvalue weighted by atomic mass is 10.2. The predicted octanol–water partition coefficient (Wildman–Crippen LogP) is 4.79. The van der Waals surface area contributed by atoms with Crippen molar-refractivity contribution < 1.29 is 13.2 Å². The maximum atomic E-state index is 13.4. The van der Waals surface area contributed by atoms with E-state index < -0.39 is 22.5 Å². The van der Waals surface area contributed by atoms with Crippen LogP contribution in [0, 0.1) is 6.92 Å². The molecule has 9 heteroatoms. The second-order valence-corrected chi connectivity index (χ2v) is 11.1. The highest BCUT2D eigenvalue weighted by atomic mass is 32.2. The highest BCUT2D eigenvalue weighted by Gasteiger charge is 2.27. The van der Waals surface area contributed by atoms with Crippen molar-refractivity contribution in [1.29, 1.82) is 0 Å². The number of anilines is 2. The molecule has 0 saturated heterocycles. The molecule has 0 bridgehead atoms. The van der Waals surface area contributed by atoms with Crippen LogP contribution in [0.2, 0.25) is 0 Å². The van der Waals surface area contributed by atoms with Gasteiger partial charge in [0.1, 0.15) is 6.54 Å². The van der Waals surface area contributed by atoms with Gasteiger partial charge < -0.3 is 5.32 Å². The molecule has 0 saturated carbocycles. The largest absolute Gasteiger partial charge is 0.324 e. The summed E-state index contributed by atoms with van der Waals surface area (Å²) in [5.74, 6) is -0.490. The maximum absolute atomic E-state index is 13.4. The van der Waals surface area contributed by atoms with Gasteiger partial charge in [-0.1, -0.05) is 41.7 Å². The zero-order chi connectivity index (χ0) is 24.5. The van der Waals surface area contributed by atoms with Gasteiger partial charge in [0.05, 0.1) is 20.8 Å². The van der Waals surface area contributed by atoms with Gasteiger partial charge in [0.15, 0.2) is 0 Å². The monoisotopic (exact) mass is 495 g/mol. The summed E-state index contributed by atoms with van der Waals surface area (Å²) in [6, 6.07) is 20.3. The van der Waals surface area contributed by atoms with Crippen LogP contribution < -0.4 is 14.5 Å². The summed E-state index contributed by atoms with van der Waals surface area (Å²) in [4.78, 5) is 25.3. The van der Waals surface area contributed by atoms with E-state index in [1.807, 2.05) is 26.8 Å². The van der Waals surface area contributed by atoms with Crippen molar-refractivity contribution in [3.05, 3.63) is 88.0 Å². The Bertz CT molecular complexity index is 1510. The van der Waals surface area contributed by atoms with Crippen molar-refractivity contribution in [3.8, 4) is 0 Å². The Morgan fingerprint density at radius 3 is 2.44 bits per heavy atom. The molecule has 1 N–H and O–H groups in total. The molecule has 4 aromatic rings. The molecule has 1 heterocycles. The number of rotatable bonds is 7. The van der Waals surface area contributed by atoms with Crippen LogP contribution in [-0.4, -0.2) is 25.4 Å². The van der Waals surface area contributed by atoms with E-state index in [1.54, 1.807) is 59.2 Å². The molecule has 0 aliphatic carbocycles. The molecule has 176 valence electrons. The van der Waals surface area contributed by atoms with Gasteiger partial charge in [-0.2, -0.15) is 0 Å². The normalized spacial score (nSPS) is 11.6. The summed E-state index contributed by atoms with van der Waals surface area (Å²) in [5.41, 5.74) is 2.58. The Balaban J connectivity index is 1.64. The number of thiazole rings is 1. The minimum atomic E-state index is -3.97. The van der Waals surface area contributed by atoms with E-state index in [4.69, 9.17) is 0 Å². The second-order valence-electron chi connectivity index (χ2n) is 8.23. The number of carbonyl (C=O) groups is 1. The lowest BCUT2D eigenvalue weighted by Gasteiger charge is -2.24. The number of aryl methyl sites for hydroxylation is 1. The van der Waals surface area contributed by atoms with Gasteiger partial charge in [0.25, 0.3) is 10.0 Å². The third-order valence-electron chi connectivity index (χ3n) is 5.32. The number of fused-ring (bicyclic) bond motifs is 1. The number of hydrogen-bond acceptors (Lipinski definition) is 5. The Hall–Kier alpha value is -3.43. The molecule has 1 aromatic heterocycles. The van der Waals surface area contributed by atoms with E-state index in [2.05, 4.69) is 5.32 Å². The van der Waals surface area contributed by atoms with E-state index in [-0.39, 0.29) is 15.8 Å². The average molecular weight is 496 g/mol. The molecule has 0 spiro atoms. The van der Waals surface area contributed by atoms with Crippen LogP contribution >= 0.6 is 11.3 Å². The van der Waals surface area contributed by atoms with E-state index in [9.17, 15) is 18.0 Å². The van der Waals surface area contributed by atoms with Crippen LogP contribution in [0.5, 0.6) is 0 Å². The number of nitrogens with one attached hydrogen (secondary N) is 1. The highest BCUT2D eigenvalue weighted by molar-refractivity contribution is 7.92. The molecular formula is C25H25N3O4S2. The van der Waals surface area contributed by atoms with Crippen LogP contribution in [0.15, 0.2) is 82.5 Å². The van der Waals surface area contributed by atoms with E-state index in [0.29, 0.717) is 11.4 Å². The Kier molecular flexibility index (Phi) is 6.58. The molecule has 0 unspecified atom stereocenters. The number of carbonyl (C=O) groups excluding carboxylic acids is 1. The van der Waals surface area contributed by atoms with Crippen molar-refractivity contribution in [2.75, 3.05) is 16.2 Å². The summed E-state index contributed by atoms with van der Waals surface area (Å²) < 4.78 is 30.4. The quantitative estimate of drug-likeness (QED) is 0.399. The lowest BCUT2D eigenvalue weighted by Crippen LogP contribution is -2.38. The third-order valence-corrected chi connectivity index (χ3v) is 8.03. The highest BCUT2D eigenvalue weighted by Crippen LogP contribution is 2.26. The van der Waals surface area contributed by atoms with Gasteiger partial charge >= 0.3 is 4.87 Å². The van der Waals surface area contributed by atoms with Gasteiger partial charge in [0, 0.05) is 11.7 Å². The van der Waals surface area contributed by atoms with Gasteiger partial charge in [-0.3, -0.25) is 18.5 Å². The lowest BCUT2D eigenvalue weighted by molar-refractivity contribution is -0.114. The smallest absolute Gasteiger partial charge is 0.308 e. The van der Waals surface area contributed by atoms with Gasteiger partial charge in [0.2, 0.25) is 5.91 Å². The fourth-order valence-corrected chi connectivity index (χ4v) is 6.24. The number of benzene rings is 3. The van der Waals surface area contributed by atoms with E-state index in [0.717, 1.165) is 31.4 Å². The van der Waals surface area contributed by atoms with Crippen LogP contribution in [0.25, 0.3) is 10.2 Å². The summed E-state index contributed by atoms with van der Waals surface area (Å²) >= 11 is 1.11. The van der Waals surface area contributed by atoms with Gasteiger partial charge in [-0.15, -0.1) is 0 Å². The van der Waals surface area contributed by atoms with Crippen molar-refractivity contribution >= 4 is 48.9 Å². The van der Waals surface area contributed by atoms with Crippen LogP contribution in [0.3, 0.4) is 0 Å². The molecule has 4 rings (SSSR count). The minimum absolute atomic E-state index is 0.0211. The average Bonchev–Trinajstić information content (AvgIpc) is 3.13. The standard InChI is InChI=1S/C25H25N3O4S2/c1-17(2)28-22-13-12-19(15-23(22)33-25(28)30)26-24(29)16-27(20-9-7-8-18(3)14-20)34(31,32)21-10-5-4-6-11-21/h4-15,17H,16H2,1-3H3,(H,26,29). The molecule has 0 aliphatic rings. The Morgan fingerprint density at radius 1 is 1.03 bits per heavy atom. The number of sulfonamides is 1. The van der Waals surface area contributed by atoms with E-state index in [1.165, 1.54) is 12.1 Å².